The van der Waals surface area contributed by atoms with Crippen LogP contribution in [0.3, 0.4) is 0 Å². The fraction of sp³-hybridized carbons (Fsp3) is 0.600. The van der Waals surface area contributed by atoms with Crippen molar-refractivity contribution in [1.82, 2.24) is 9.80 Å². The molecule has 19 heavy (non-hydrogen) atoms. The molecule has 0 aliphatic carbocycles. The summed E-state index contributed by atoms with van der Waals surface area (Å²) < 4.78 is 13.4. The average molecular weight is 265 g/mol. The first-order chi connectivity index (χ1) is 9.16. The second-order valence-electron chi connectivity index (χ2n) is 5.42. The van der Waals surface area contributed by atoms with E-state index in [2.05, 4.69) is 29.2 Å². The van der Waals surface area contributed by atoms with Gasteiger partial charge >= 0.3 is 0 Å². The quantitative estimate of drug-likeness (QED) is 0.881. The normalized spacial score (nSPS) is 17.9. The highest BCUT2D eigenvalue weighted by Crippen LogP contribution is 2.15. The summed E-state index contributed by atoms with van der Waals surface area (Å²) in [6, 6.07) is 7.50. The van der Waals surface area contributed by atoms with E-state index in [9.17, 15) is 4.39 Å². The standard InChI is InChI=1S/C15H24FN3/c1-18-10-7-13(8-11-18)19(2)12-9-17-15-6-4-3-5-14(15)16/h3-6,13,17H,7-12H2,1-2H3. The summed E-state index contributed by atoms with van der Waals surface area (Å²) >= 11 is 0. The summed E-state index contributed by atoms with van der Waals surface area (Å²) in [5.74, 6) is -0.176. The number of anilines is 1. The molecule has 1 fully saturated rings. The Balaban J connectivity index is 1.72. The minimum atomic E-state index is -0.176. The molecule has 0 spiro atoms. The van der Waals surface area contributed by atoms with Gasteiger partial charge in [0.25, 0.3) is 0 Å². The topological polar surface area (TPSA) is 18.5 Å². The van der Waals surface area contributed by atoms with Crippen molar-refractivity contribution >= 4 is 5.69 Å². The Bertz CT molecular complexity index is 389. The maximum atomic E-state index is 13.4. The van der Waals surface area contributed by atoms with Crippen molar-refractivity contribution in [2.45, 2.75) is 18.9 Å². The van der Waals surface area contributed by atoms with Crippen LogP contribution in [0, 0.1) is 5.82 Å². The zero-order valence-electron chi connectivity index (χ0n) is 11.9. The lowest BCUT2D eigenvalue weighted by atomic mass is 10.0. The van der Waals surface area contributed by atoms with Gasteiger partial charge in [-0.1, -0.05) is 12.1 Å². The number of nitrogens with one attached hydrogen (secondary N) is 1. The third-order valence-electron chi connectivity index (χ3n) is 3.97. The van der Waals surface area contributed by atoms with Gasteiger partial charge in [0.1, 0.15) is 5.82 Å². The molecule has 1 saturated heterocycles. The molecule has 0 aromatic heterocycles. The lowest BCUT2D eigenvalue weighted by molar-refractivity contribution is 0.148. The van der Waals surface area contributed by atoms with Crippen LogP contribution in [-0.4, -0.2) is 56.1 Å². The highest BCUT2D eigenvalue weighted by molar-refractivity contribution is 5.44. The van der Waals surface area contributed by atoms with E-state index in [1.54, 1.807) is 12.1 Å². The van der Waals surface area contributed by atoms with Crippen LogP contribution in [0.15, 0.2) is 24.3 Å². The third-order valence-corrected chi connectivity index (χ3v) is 3.97. The van der Waals surface area contributed by atoms with Gasteiger partial charge in [0.05, 0.1) is 5.69 Å². The van der Waals surface area contributed by atoms with Crippen molar-refractivity contribution in [2.24, 2.45) is 0 Å². The van der Waals surface area contributed by atoms with Crippen molar-refractivity contribution in [3.05, 3.63) is 30.1 Å². The fourth-order valence-electron chi connectivity index (χ4n) is 2.59. The third kappa shape index (κ3) is 4.18. The predicted molar refractivity (Wildman–Crippen MR) is 78.0 cm³/mol. The summed E-state index contributed by atoms with van der Waals surface area (Å²) in [4.78, 5) is 4.77. The predicted octanol–water partition coefficient (Wildman–Crippen LogP) is 2.26. The molecule has 0 saturated carbocycles. The van der Waals surface area contributed by atoms with Gasteiger partial charge < -0.3 is 15.1 Å². The minimum Gasteiger partial charge on any atom is -0.381 e. The van der Waals surface area contributed by atoms with Crippen molar-refractivity contribution in [2.75, 3.05) is 45.6 Å². The molecule has 1 aliphatic heterocycles. The SMILES string of the molecule is CN1CCC(N(C)CCNc2ccccc2F)CC1. The molecule has 106 valence electrons. The number of piperidine rings is 1. The number of hydrogen-bond donors (Lipinski definition) is 1. The smallest absolute Gasteiger partial charge is 0.146 e. The minimum absolute atomic E-state index is 0.176. The first-order valence-corrected chi connectivity index (χ1v) is 7.04. The van der Waals surface area contributed by atoms with E-state index in [-0.39, 0.29) is 5.82 Å². The van der Waals surface area contributed by atoms with Crippen LogP contribution in [0.5, 0.6) is 0 Å². The van der Waals surface area contributed by atoms with Gasteiger partial charge in [-0.05, 0) is 52.2 Å². The van der Waals surface area contributed by atoms with Crippen molar-refractivity contribution in [3.63, 3.8) is 0 Å². The molecule has 1 aromatic rings. The maximum absolute atomic E-state index is 13.4. The molecule has 0 unspecified atom stereocenters. The maximum Gasteiger partial charge on any atom is 0.146 e. The average Bonchev–Trinajstić information content (AvgIpc) is 2.41. The van der Waals surface area contributed by atoms with E-state index in [0.717, 1.165) is 13.1 Å². The highest BCUT2D eigenvalue weighted by Gasteiger charge is 2.19. The van der Waals surface area contributed by atoms with Gasteiger partial charge in [0.15, 0.2) is 0 Å². The van der Waals surface area contributed by atoms with E-state index in [1.165, 1.54) is 32.0 Å². The van der Waals surface area contributed by atoms with E-state index >= 15 is 0 Å². The van der Waals surface area contributed by atoms with Gasteiger partial charge in [0.2, 0.25) is 0 Å². The Morgan fingerprint density at radius 3 is 2.68 bits per heavy atom. The fourth-order valence-corrected chi connectivity index (χ4v) is 2.59. The van der Waals surface area contributed by atoms with Crippen molar-refractivity contribution in [1.29, 1.82) is 0 Å². The molecular weight excluding hydrogens is 241 g/mol. The number of nitrogens with zero attached hydrogens (tertiary/aromatic N) is 2. The van der Waals surface area contributed by atoms with Crippen molar-refractivity contribution < 1.29 is 4.39 Å². The molecule has 0 radical (unpaired) electrons. The van der Waals surface area contributed by atoms with E-state index in [1.807, 2.05) is 6.07 Å². The van der Waals surface area contributed by atoms with Gasteiger partial charge in [0, 0.05) is 19.1 Å². The van der Waals surface area contributed by atoms with Crippen molar-refractivity contribution in [3.8, 4) is 0 Å². The van der Waals surface area contributed by atoms with Crippen LogP contribution >= 0.6 is 0 Å². The Hall–Kier alpha value is -1.13. The van der Waals surface area contributed by atoms with E-state index < -0.39 is 0 Å². The summed E-state index contributed by atoms with van der Waals surface area (Å²) in [6.07, 6.45) is 2.46. The number of likely N-dealkylation sites (N-methyl/N-ethyl adjacent to an activating group) is 1. The Labute approximate surface area is 115 Å². The van der Waals surface area contributed by atoms with E-state index in [4.69, 9.17) is 0 Å². The molecule has 4 heteroatoms. The molecule has 1 aromatic carbocycles. The molecule has 1 aliphatic rings. The first-order valence-electron chi connectivity index (χ1n) is 7.04. The van der Waals surface area contributed by atoms with Crippen LogP contribution in [0.2, 0.25) is 0 Å². The Kier molecular flexibility index (Phi) is 5.16. The summed E-state index contributed by atoms with van der Waals surface area (Å²) in [5, 5.41) is 3.16. The molecule has 1 N–H and O–H groups in total. The van der Waals surface area contributed by atoms with Crippen LogP contribution in [-0.2, 0) is 0 Å². The largest absolute Gasteiger partial charge is 0.381 e. The number of para-hydroxylation sites is 1. The number of halogens is 1. The van der Waals surface area contributed by atoms with Crippen LogP contribution in [0.25, 0.3) is 0 Å². The van der Waals surface area contributed by atoms with Gasteiger partial charge in [-0.25, -0.2) is 4.39 Å². The molecule has 0 atom stereocenters. The lowest BCUT2D eigenvalue weighted by Gasteiger charge is -2.35. The molecular formula is C15H24FN3. The zero-order chi connectivity index (χ0) is 13.7. The number of rotatable bonds is 5. The van der Waals surface area contributed by atoms with Crippen LogP contribution in [0.4, 0.5) is 10.1 Å². The molecule has 2 rings (SSSR count). The monoisotopic (exact) mass is 265 g/mol. The number of likely N-dealkylation sites (tertiary alicyclic amines) is 1. The number of benzene rings is 1. The summed E-state index contributed by atoms with van der Waals surface area (Å²) in [5.41, 5.74) is 0.597. The molecule has 0 amide bonds. The Morgan fingerprint density at radius 2 is 2.00 bits per heavy atom. The highest BCUT2D eigenvalue weighted by atomic mass is 19.1. The van der Waals surface area contributed by atoms with E-state index in [0.29, 0.717) is 11.7 Å². The lowest BCUT2D eigenvalue weighted by Crippen LogP contribution is -2.43. The second kappa shape index (κ2) is 6.87. The van der Waals surface area contributed by atoms with Gasteiger partial charge in [-0.2, -0.15) is 0 Å². The van der Waals surface area contributed by atoms with Crippen LogP contribution in [0.1, 0.15) is 12.8 Å². The first kappa shape index (κ1) is 14.3. The second-order valence-corrected chi connectivity index (χ2v) is 5.42. The summed E-state index contributed by atoms with van der Waals surface area (Å²) in [7, 11) is 4.34. The molecule has 1 heterocycles. The molecule has 0 bridgehead atoms. The van der Waals surface area contributed by atoms with Gasteiger partial charge in [-0.15, -0.1) is 0 Å². The number of hydrogen-bond acceptors (Lipinski definition) is 3. The molecule has 3 nitrogen and oxygen atoms in total. The Morgan fingerprint density at radius 1 is 1.32 bits per heavy atom. The van der Waals surface area contributed by atoms with Crippen LogP contribution < -0.4 is 5.32 Å². The zero-order valence-corrected chi connectivity index (χ0v) is 11.9. The summed E-state index contributed by atoms with van der Waals surface area (Å²) in [6.45, 7) is 4.08. The van der Waals surface area contributed by atoms with Gasteiger partial charge in [-0.3, -0.25) is 0 Å².